The summed E-state index contributed by atoms with van der Waals surface area (Å²) >= 11 is 3.46. The monoisotopic (exact) mass is 467 g/mol. The van der Waals surface area contributed by atoms with Crippen LogP contribution in [-0.2, 0) is 10.2 Å². The van der Waals surface area contributed by atoms with E-state index in [9.17, 15) is 0 Å². The Labute approximate surface area is 152 Å². The quantitative estimate of drug-likeness (QED) is 0.422. The molecular formula is C15H23BrIN3O. The summed E-state index contributed by atoms with van der Waals surface area (Å²) in [5.41, 5.74) is 7.30. The van der Waals surface area contributed by atoms with Crippen LogP contribution in [0.1, 0.15) is 19.4 Å². The Morgan fingerprint density at radius 1 is 1.29 bits per heavy atom. The van der Waals surface area contributed by atoms with Crippen molar-refractivity contribution < 1.29 is 4.74 Å². The fraction of sp³-hybridized carbons (Fsp3) is 0.533. The first kappa shape index (κ1) is 18.7. The van der Waals surface area contributed by atoms with Crippen molar-refractivity contribution in [1.82, 2.24) is 4.90 Å². The molecule has 118 valence electrons. The number of nitrogens with zero attached hydrogens (tertiary/aromatic N) is 2. The molecule has 1 aromatic rings. The maximum atomic E-state index is 6.07. The predicted octanol–water partition coefficient (Wildman–Crippen LogP) is 2.99. The molecule has 1 aliphatic heterocycles. The zero-order chi connectivity index (χ0) is 14.6. The van der Waals surface area contributed by atoms with Crippen LogP contribution < -0.4 is 5.73 Å². The fourth-order valence-corrected chi connectivity index (χ4v) is 2.43. The number of guanidine groups is 1. The summed E-state index contributed by atoms with van der Waals surface area (Å²) in [5, 5.41) is 0. The lowest BCUT2D eigenvalue weighted by atomic mass is 9.85. The molecule has 1 fully saturated rings. The van der Waals surface area contributed by atoms with Crippen LogP contribution in [0.25, 0.3) is 0 Å². The fourth-order valence-electron chi connectivity index (χ4n) is 2.16. The van der Waals surface area contributed by atoms with Crippen LogP contribution in [0.3, 0.4) is 0 Å². The highest BCUT2D eigenvalue weighted by Gasteiger charge is 2.21. The highest BCUT2D eigenvalue weighted by atomic mass is 127. The minimum absolute atomic E-state index is 0. The van der Waals surface area contributed by atoms with Crippen molar-refractivity contribution >= 4 is 45.9 Å². The van der Waals surface area contributed by atoms with Crippen molar-refractivity contribution in [2.24, 2.45) is 10.7 Å². The highest BCUT2D eigenvalue weighted by molar-refractivity contribution is 14.0. The highest BCUT2D eigenvalue weighted by Crippen LogP contribution is 2.25. The average Bonchev–Trinajstić information content (AvgIpc) is 2.46. The Morgan fingerprint density at radius 3 is 2.43 bits per heavy atom. The number of benzene rings is 1. The van der Waals surface area contributed by atoms with Crippen LogP contribution in [-0.4, -0.2) is 43.7 Å². The Hall–Kier alpha value is -0.340. The smallest absolute Gasteiger partial charge is 0.191 e. The van der Waals surface area contributed by atoms with Crippen LogP contribution >= 0.6 is 39.9 Å². The number of aliphatic imine (C=N–C) groups is 1. The zero-order valence-corrected chi connectivity index (χ0v) is 16.4. The van der Waals surface area contributed by atoms with Crippen molar-refractivity contribution in [3.8, 4) is 0 Å². The second-order valence-corrected chi connectivity index (χ2v) is 6.58. The van der Waals surface area contributed by atoms with Gasteiger partial charge in [0.25, 0.3) is 0 Å². The minimum Gasteiger partial charge on any atom is -0.378 e. The molecule has 1 aliphatic rings. The molecule has 2 N–H and O–H groups in total. The SMILES string of the molecule is CC(C)(CN=C(N)N1CCOCC1)c1ccc(Br)cc1.I. The standard InChI is InChI=1S/C15H22BrN3O.HI/c1-15(2,12-3-5-13(16)6-4-12)11-18-14(17)19-7-9-20-10-8-19;/h3-6H,7-11H2,1-2H3,(H2,17,18);1H. The largest absolute Gasteiger partial charge is 0.378 e. The number of morpholine rings is 1. The van der Waals surface area contributed by atoms with Gasteiger partial charge >= 0.3 is 0 Å². The van der Waals surface area contributed by atoms with E-state index in [-0.39, 0.29) is 29.4 Å². The molecule has 4 nitrogen and oxygen atoms in total. The topological polar surface area (TPSA) is 50.8 Å². The molecule has 0 radical (unpaired) electrons. The number of nitrogens with two attached hydrogens (primary N) is 1. The van der Waals surface area contributed by atoms with Gasteiger partial charge in [-0.1, -0.05) is 41.9 Å². The zero-order valence-electron chi connectivity index (χ0n) is 12.5. The molecule has 1 heterocycles. The van der Waals surface area contributed by atoms with Crippen molar-refractivity contribution in [2.45, 2.75) is 19.3 Å². The Kier molecular flexibility index (Phi) is 7.42. The van der Waals surface area contributed by atoms with E-state index in [0.29, 0.717) is 12.5 Å². The molecule has 1 aromatic carbocycles. The lowest BCUT2D eigenvalue weighted by molar-refractivity contribution is 0.0674. The number of hydrogen-bond acceptors (Lipinski definition) is 2. The van der Waals surface area contributed by atoms with E-state index in [1.165, 1.54) is 5.56 Å². The van der Waals surface area contributed by atoms with Crippen LogP contribution in [0, 0.1) is 0 Å². The van der Waals surface area contributed by atoms with Gasteiger partial charge in [-0.25, -0.2) is 0 Å². The summed E-state index contributed by atoms with van der Waals surface area (Å²) in [5.74, 6) is 0.624. The van der Waals surface area contributed by atoms with E-state index >= 15 is 0 Å². The van der Waals surface area contributed by atoms with Gasteiger partial charge in [-0.05, 0) is 17.7 Å². The maximum absolute atomic E-state index is 6.07. The van der Waals surface area contributed by atoms with Crippen LogP contribution in [0.5, 0.6) is 0 Å². The molecule has 0 saturated carbocycles. The molecule has 0 aliphatic carbocycles. The normalized spacial score (nSPS) is 16.5. The maximum Gasteiger partial charge on any atom is 0.191 e. The third kappa shape index (κ3) is 5.41. The van der Waals surface area contributed by atoms with Gasteiger partial charge in [0.2, 0.25) is 0 Å². The summed E-state index contributed by atoms with van der Waals surface area (Å²) in [4.78, 5) is 6.66. The third-order valence-electron chi connectivity index (χ3n) is 3.60. The number of rotatable bonds is 3. The molecule has 0 aromatic heterocycles. The summed E-state index contributed by atoms with van der Waals surface area (Å²) in [7, 11) is 0. The van der Waals surface area contributed by atoms with Gasteiger partial charge in [-0.2, -0.15) is 0 Å². The van der Waals surface area contributed by atoms with E-state index in [0.717, 1.165) is 30.8 Å². The molecule has 2 rings (SSSR count). The van der Waals surface area contributed by atoms with Gasteiger partial charge < -0.3 is 15.4 Å². The van der Waals surface area contributed by atoms with Crippen LogP contribution in [0.2, 0.25) is 0 Å². The van der Waals surface area contributed by atoms with E-state index < -0.39 is 0 Å². The third-order valence-corrected chi connectivity index (χ3v) is 4.13. The molecule has 0 amide bonds. The van der Waals surface area contributed by atoms with Gasteiger partial charge in [0.15, 0.2) is 5.96 Å². The summed E-state index contributed by atoms with van der Waals surface area (Å²) in [6, 6.07) is 8.38. The van der Waals surface area contributed by atoms with Crippen molar-refractivity contribution in [3.63, 3.8) is 0 Å². The summed E-state index contributed by atoms with van der Waals surface area (Å²) in [6.45, 7) is 8.16. The summed E-state index contributed by atoms with van der Waals surface area (Å²) in [6.07, 6.45) is 0. The molecule has 0 bridgehead atoms. The van der Waals surface area contributed by atoms with E-state index in [1.807, 2.05) is 0 Å². The second kappa shape index (κ2) is 8.33. The van der Waals surface area contributed by atoms with Crippen molar-refractivity contribution in [2.75, 3.05) is 32.8 Å². The number of ether oxygens (including phenoxy) is 1. The van der Waals surface area contributed by atoms with E-state index in [1.54, 1.807) is 0 Å². The summed E-state index contributed by atoms with van der Waals surface area (Å²) < 4.78 is 6.41. The van der Waals surface area contributed by atoms with Gasteiger partial charge in [-0.15, -0.1) is 24.0 Å². The van der Waals surface area contributed by atoms with Gasteiger partial charge in [0, 0.05) is 23.0 Å². The first-order valence-electron chi connectivity index (χ1n) is 6.88. The molecular weight excluding hydrogens is 445 g/mol. The minimum atomic E-state index is -0.0302. The van der Waals surface area contributed by atoms with Gasteiger partial charge in [0.1, 0.15) is 0 Å². The molecule has 1 saturated heterocycles. The van der Waals surface area contributed by atoms with Gasteiger partial charge in [-0.3, -0.25) is 4.99 Å². The first-order valence-corrected chi connectivity index (χ1v) is 7.67. The lowest BCUT2D eigenvalue weighted by Gasteiger charge is -2.29. The van der Waals surface area contributed by atoms with Crippen molar-refractivity contribution in [1.29, 1.82) is 0 Å². The van der Waals surface area contributed by atoms with Crippen LogP contribution in [0.4, 0.5) is 0 Å². The lowest BCUT2D eigenvalue weighted by Crippen LogP contribution is -2.45. The average molecular weight is 468 g/mol. The number of halogens is 2. The molecule has 0 unspecified atom stereocenters. The Morgan fingerprint density at radius 2 is 1.86 bits per heavy atom. The van der Waals surface area contributed by atoms with Crippen molar-refractivity contribution in [3.05, 3.63) is 34.3 Å². The van der Waals surface area contributed by atoms with Gasteiger partial charge in [0.05, 0.1) is 19.8 Å². The van der Waals surface area contributed by atoms with E-state index in [4.69, 9.17) is 10.5 Å². The Balaban J connectivity index is 0.00000220. The second-order valence-electron chi connectivity index (χ2n) is 5.66. The molecule has 21 heavy (non-hydrogen) atoms. The molecule has 6 heteroatoms. The number of hydrogen-bond donors (Lipinski definition) is 1. The van der Waals surface area contributed by atoms with E-state index in [2.05, 4.69) is 63.9 Å². The molecule has 0 atom stereocenters. The predicted molar refractivity (Wildman–Crippen MR) is 101 cm³/mol. The molecule has 0 spiro atoms. The first-order chi connectivity index (χ1) is 9.49. The Bertz CT molecular complexity index is 470. The van der Waals surface area contributed by atoms with Crippen LogP contribution in [0.15, 0.2) is 33.7 Å².